The topological polar surface area (TPSA) is 123 Å². The van der Waals surface area contributed by atoms with Crippen LogP contribution in [0, 0.1) is 0 Å². The largest absolute Gasteiger partial charge is 0.497 e. The SMILES string of the molecule is COc1ccc(C2=NN(C(=O)CSc3n[nH]c(N)n3)[C@@H](c3ccco3)C2)cc1. The van der Waals surface area contributed by atoms with Crippen molar-refractivity contribution >= 4 is 29.3 Å². The number of carbonyl (C=O) groups excluding carboxylic acids is 1. The monoisotopic (exact) mass is 398 g/mol. The van der Waals surface area contributed by atoms with Crippen molar-refractivity contribution in [3.63, 3.8) is 0 Å². The molecule has 144 valence electrons. The summed E-state index contributed by atoms with van der Waals surface area (Å²) in [5, 5.41) is 12.9. The lowest BCUT2D eigenvalue weighted by Crippen LogP contribution is -2.28. The summed E-state index contributed by atoms with van der Waals surface area (Å²) < 4.78 is 10.7. The second-order valence-electron chi connectivity index (χ2n) is 6.04. The molecule has 28 heavy (non-hydrogen) atoms. The van der Waals surface area contributed by atoms with Crippen molar-refractivity contribution in [2.75, 3.05) is 18.6 Å². The molecule has 1 atom stereocenters. The summed E-state index contributed by atoms with van der Waals surface area (Å²) in [4.78, 5) is 16.8. The number of thioether (sulfide) groups is 1. The molecule has 2 aromatic heterocycles. The van der Waals surface area contributed by atoms with Gasteiger partial charge in [-0.3, -0.25) is 4.79 Å². The number of H-pyrrole nitrogens is 1. The number of aromatic nitrogens is 3. The first-order valence-electron chi connectivity index (χ1n) is 8.52. The van der Waals surface area contributed by atoms with Crippen LogP contribution in [0.4, 0.5) is 5.95 Å². The van der Waals surface area contributed by atoms with Gasteiger partial charge in [-0.25, -0.2) is 10.1 Å². The number of nitrogens with one attached hydrogen (secondary N) is 1. The first kappa shape index (κ1) is 18.1. The Morgan fingerprint density at radius 1 is 1.39 bits per heavy atom. The van der Waals surface area contributed by atoms with Crippen LogP contribution in [0.2, 0.25) is 0 Å². The van der Waals surface area contributed by atoms with E-state index in [0.29, 0.717) is 17.3 Å². The second kappa shape index (κ2) is 7.77. The van der Waals surface area contributed by atoms with Gasteiger partial charge in [0, 0.05) is 6.42 Å². The summed E-state index contributed by atoms with van der Waals surface area (Å²) >= 11 is 1.20. The normalized spacial score (nSPS) is 16.2. The first-order chi connectivity index (χ1) is 13.6. The van der Waals surface area contributed by atoms with E-state index in [4.69, 9.17) is 14.9 Å². The number of hydrogen-bond acceptors (Lipinski definition) is 8. The van der Waals surface area contributed by atoms with E-state index < -0.39 is 0 Å². The average Bonchev–Trinajstić information content (AvgIpc) is 3.46. The summed E-state index contributed by atoms with van der Waals surface area (Å²) in [5.41, 5.74) is 7.26. The highest BCUT2D eigenvalue weighted by Crippen LogP contribution is 2.34. The van der Waals surface area contributed by atoms with Crippen LogP contribution in [0.5, 0.6) is 5.75 Å². The van der Waals surface area contributed by atoms with Gasteiger partial charge < -0.3 is 14.9 Å². The van der Waals surface area contributed by atoms with E-state index in [9.17, 15) is 4.79 Å². The van der Waals surface area contributed by atoms with E-state index in [-0.39, 0.29) is 23.7 Å². The van der Waals surface area contributed by atoms with Crippen LogP contribution in [-0.2, 0) is 4.79 Å². The van der Waals surface area contributed by atoms with Crippen molar-refractivity contribution in [3.8, 4) is 5.75 Å². The van der Waals surface area contributed by atoms with Gasteiger partial charge in [-0.15, -0.1) is 5.10 Å². The number of benzene rings is 1. The number of nitrogens with two attached hydrogens (primary N) is 1. The molecular weight excluding hydrogens is 380 g/mol. The first-order valence-corrected chi connectivity index (χ1v) is 9.50. The molecule has 1 aliphatic rings. The predicted molar refractivity (Wildman–Crippen MR) is 104 cm³/mol. The number of methoxy groups -OCH3 is 1. The number of ether oxygens (including phenoxy) is 1. The van der Waals surface area contributed by atoms with Gasteiger partial charge in [0.1, 0.15) is 17.6 Å². The van der Waals surface area contributed by atoms with E-state index >= 15 is 0 Å². The Bertz CT molecular complexity index is 983. The smallest absolute Gasteiger partial charge is 0.253 e. The Morgan fingerprint density at radius 2 is 2.21 bits per heavy atom. The van der Waals surface area contributed by atoms with Crippen LogP contribution in [0.3, 0.4) is 0 Å². The van der Waals surface area contributed by atoms with Crippen LogP contribution >= 0.6 is 11.8 Å². The average molecular weight is 398 g/mol. The number of nitrogens with zero attached hydrogens (tertiary/aromatic N) is 4. The highest BCUT2D eigenvalue weighted by atomic mass is 32.2. The molecule has 3 heterocycles. The minimum atomic E-state index is -0.294. The van der Waals surface area contributed by atoms with Crippen LogP contribution < -0.4 is 10.5 Å². The molecule has 0 saturated heterocycles. The standard InChI is InChI=1S/C18H18N6O3S/c1-26-12-6-4-11(5-7-12)13-9-14(15-3-2-8-27-15)24(23-13)16(25)10-28-18-20-17(19)21-22-18/h2-8,14H,9-10H2,1H3,(H3,19,20,21,22)/t14-/m1/s1. The maximum atomic E-state index is 12.8. The van der Waals surface area contributed by atoms with Gasteiger partial charge >= 0.3 is 0 Å². The van der Waals surface area contributed by atoms with Crippen molar-refractivity contribution < 1.29 is 13.9 Å². The molecule has 0 radical (unpaired) electrons. The lowest BCUT2D eigenvalue weighted by Gasteiger charge is -2.19. The number of amides is 1. The van der Waals surface area contributed by atoms with Crippen molar-refractivity contribution in [1.82, 2.24) is 20.2 Å². The van der Waals surface area contributed by atoms with Gasteiger partial charge in [0.05, 0.1) is 24.8 Å². The van der Waals surface area contributed by atoms with Gasteiger partial charge in [-0.1, -0.05) is 11.8 Å². The fourth-order valence-corrected chi connectivity index (χ4v) is 3.57. The molecular formula is C18H18N6O3S. The fraction of sp³-hybridized carbons (Fsp3) is 0.222. The Labute approximate surface area is 165 Å². The molecule has 1 aromatic carbocycles. The number of anilines is 1. The van der Waals surface area contributed by atoms with E-state index in [0.717, 1.165) is 17.0 Å². The Hall–Kier alpha value is -3.27. The van der Waals surface area contributed by atoms with Gasteiger partial charge in [0.15, 0.2) is 0 Å². The number of aromatic amines is 1. The van der Waals surface area contributed by atoms with E-state index in [2.05, 4.69) is 20.3 Å². The minimum absolute atomic E-state index is 0.133. The Kier molecular flexibility index (Phi) is 5.02. The zero-order valence-electron chi connectivity index (χ0n) is 15.0. The molecule has 0 spiro atoms. The maximum Gasteiger partial charge on any atom is 0.253 e. The highest BCUT2D eigenvalue weighted by Gasteiger charge is 2.34. The fourth-order valence-electron chi connectivity index (χ4n) is 2.92. The predicted octanol–water partition coefficient (Wildman–Crippen LogP) is 2.46. The quantitative estimate of drug-likeness (QED) is 0.611. The number of nitrogen functional groups attached to an aromatic ring is 1. The minimum Gasteiger partial charge on any atom is -0.497 e. The molecule has 10 heteroatoms. The molecule has 0 aliphatic carbocycles. The maximum absolute atomic E-state index is 12.8. The van der Waals surface area contributed by atoms with Crippen molar-refractivity contribution in [2.45, 2.75) is 17.6 Å². The molecule has 0 unspecified atom stereocenters. The molecule has 4 rings (SSSR count). The summed E-state index contributed by atoms with van der Waals surface area (Å²) in [6.07, 6.45) is 2.15. The molecule has 1 aliphatic heterocycles. The van der Waals surface area contributed by atoms with Crippen molar-refractivity contribution in [1.29, 1.82) is 0 Å². The van der Waals surface area contributed by atoms with Gasteiger partial charge in [-0.05, 0) is 42.0 Å². The number of rotatable bonds is 6. The van der Waals surface area contributed by atoms with E-state index in [1.54, 1.807) is 19.4 Å². The van der Waals surface area contributed by atoms with E-state index in [1.165, 1.54) is 16.8 Å². The number of furan rings is 1. The zero-order valence-corrected chi connectivity index (χ0v) is 15.8. The van der Waals surface area contributed by atoms with Gasteiger partial charge in [0.2, 0.25) is 11.1 Å². The Balaban J connectivity index is 1.55. The summed E-state index contributed by atoms with van der Waals surface area (Å²) in [5.74, 6) is 1.63. The third kappa shape index (κ3) is 3.72. The lowest BCUT2D eigenvalue weighted by atomic mass is 10.0. The highest BCUT2D eigenvalue weighted by molar-refractivity contribution is 7.99. The van der Waals surface area contributed by atoms with Crippen LogP contribution in [0.15, 0.2) is 57.3 Å². The number of carbonyl (C=O) groups is 1. The molecule has 1 amide bonds. The third-order valence-electron chi connectivity index (χ3n) is 4.27. The second-order valence-corrected chi connectivity index (χ2v) is 6.98. The van der Waals surface area contributed by atoms with Crippen molar-refractivity contribution in [2.24, 2.45) is 5.10 Å². The Morgan fingerprint density at radius 3 is 2.86 bits per heavy atom. The van der Waals surface area contributed by atoms with E-state index in [1.807, 2.05) is 30.3 Å². The number of hydrazone groups is 1. The van der Waals surface area contributed by atoms with Crippen molar-refractivity contribution in [3.05, 3.63) is 54.0 Å². The summed E-state index contributed by atoms with van der Waals surface area (Å²) in [6, 6.07) is 10.9. The van der Waals surface area contributed by atoms with Crippen LogP contribution in [-0.4, -0.2) is 44.7 Å². The number of hydrogen-bond donors (Lipinski definition) is 2. The third-order valence-corrected chi connectivity index (χ3v) is 5.10. The molecule has 3 aromatic rings. The lowest BCUT2D eigenvalue weighted by molar-refractivity contribution is -0.130. The van der Waals surface area contributed by atoms with Crippen LogP contribution in [0.1, 0.15) is 23.8 Å². The van der Waals surface area contributed by atoms with Gasteiger partial charge in [0.25, 0.3) is 5.91 Å². The zero-order chi connectivity index (χ0) is 19.5. The molecule has 3 N–H and O–H groups in total. The molecule has 9 nitrogen and oxygen atoms in total. The molecule has 0 saturated carbocycles. The molecule has 0 bridgehead atoms. The summed E-state index contributed by atoms with van der Waals surface area (Å²) in [6.45, 7) is 0. The molecule has 0 fully saturated rings. The van der Waals surface area contributed by atoms with Gasteiger partial charge in [-0.2, -0.15) is 10.1 Å². The van der Waals surface area contributed by atoms with Crippen LogP contribution in [0.25, 0.3) is 0 Å². The summed E-state index contributed by atoms with van der Waals surface area (Å²) in [7, 11) is 1.62.